The highest BCUT2D eigenvalue weighted by atomic mass is 19.4. The van der Waals surface area contributed by atoms with Gasteiger partial charge in [-0.05, 0) is 56.7 Å². The lowest BCUT2D eigenvalue weighted by molar-refractivity contribution is -0.0885. The summed E-state index contributed by atoms with van der Waals surface area (Å²) in [4.78, 5) is 21.9. The van der Waals surface area contributed by atoms with E-state index in [4.69, 9.17) is 9.47 Å². The molecule has 3 heterocycles. The molecule has 2 aromatic rings. The van der Waals surface area contributed by atoms with Crippen LogP contribution < -0.4 is 20.1 Å². The maximum Gasteiger partial charge on any atom is 0.418 e. The molecule has 2 aliphatic rings. The molecule has 0 amide bonds. The van der Waals surface area contributed by atoms with Gasteiger partial charge in [-0.1, -0.05) is 6.07 Å². The van der Waals surface area contributed by atoms with Crippen LogP contribution >= 0.6 is 0 Å². The van der Waals surface area contributed by atoms with Gasteiger partial charge >= 0.3 is 11.9 Å². The van der Waals surface area contributed by atoms with Crippen LogP contribution in [0.5, 0.6) is 11.6 Å². The van der Waals surface area contributed by atoms with Gasteiger partial charge in [0.1, 0.15) is 30.0 Å². The molecule has 0 spiro atoms. The van der Waals surface area contributed by atoms with E-state index >= 15 is 0 Å². The molecule has 1 fully saturated rings. The van der Waals surface area contributed by atoms with Crippen LogP contribution in [0.15, 0.2) is 57.7 Å². The van der Waals surface area contributed by atoms with E-state index in [1.165, 1.54) is 19.1 Å². The molecule has 2 aliphatic heterocycles. The first-order valence-corrected chi connectivity index (χ1v) is 11.3. The number of allylic oxidation sites excluding steroid dienone is 3. The van der Waals surface area contributed by atoms with E-state index in [-0.39, 0.29) is 35.2 Å². The molecule has 1 aromatic heterocycles. The van der Waals surface area contributed by atoms with Crippen LogP contribution in [0.3, 0.4) is 0 Å². The predicted molar refractivity (Wildman–Crippen MR) is 127 cm³/mol. The molecule has 36 heavy (non-hydrogen) atoms. The number of nitrogens with zero attached hydrogens (tertiary/aromatic N) is 5. The summed E-state index contributed by atoms with van der Waals surface area (Å²) in [6, 6.07) is 8.64. The zero-order chi connectivity index (χ0) is 25.9. The number of nitriles is 1. The van der Waals surface area contributed by atoms with Crippen LogP contribution in [0.2, 0.25) is 0 Å². The summed E-state index contributed by atoms with van der Waals surface area (Å²) in [5.41, 5.74) is -0.682. The predicted octanol–water partition coefficient (Wildman–Crippen LogP) is 4.50. The van der Waals surface area contributed by atoms with Gasteiger partial charge in [0.05, 0.1) is 11.1 Å². The number of halogens is 3. The minimum Gasteiger partial charge on any atom is -0.473 e. The number of hydrogen-bond acceptors (Lipinski definition) is 7. The topological polar surface area (TPSA) is 92.7 Å². The van der Waals surface area contributed by atoms with E-state index < -0.39 is 11.7 Å². The van der Waals surface area contributed by atoms with Gasteiger partial charge in [0.25, 0.3) is 0 Å². The third-order valence-electron chi connectivity index (χ3n) is 6.02. The fourth-order valence-corrected chi connectivity index (χ4v) is 4.37. The Labute approximate surface area is 205 Å². The van der Waals surface area contributed by atoms with Crippen molar-refractivity contribution in [1.82, 2.24) is 9.55 Å². The average Bonchev–Trinajstić information content (AvgIpc) is 3.22. The molecule has 4 rings (SSSR count). The van der Waals surface area contributed by atoms with Crippen molar-refractivity contribution in [2.24, 2.45) is 4.99 Å². The monoisotopic (exact) mass is 499 g/mol. The Hall–Kier alpha value is -4.07. The summed E-state index contributed by atoms with van der Waals surface area (Å²) in [6.45, 7) is 5.94. The largest absolute Gasteiger partial charge is 0.473 e. The minimum atomic E-state index is -4.63. The Morgan fingerprint density at radius 2 is 2.17 bits per heavy atom. The van der Waals surface area contributed by atoms with Crippen LogP contribution in [-0.4, -0.2) is 35.0 Å². The zero-order valence-electron chi connectivity index (χ0n) is 19.6. The van der Waals surface area contributed by atoms with Crippen LogP contribution in [0.4, 0.5) is 19.0 Å². The Bertz CT molecular complexity index is 1320. The van der Waals surface area contributed by atoms with Crippen LogP contribution in [0.1, 0.15) is 37.3 Å². The third-order valence-corrected chi connectivity index (χ3v) is 6.02. The summed E-state index contributed by atoms with van der Waals surface area (Å²) in [5, 5.41) is 9.52. The number of anilines is 1. The van der Waals surface area contributed by atoms with Gasteiger partial charge in [-0.15, -0.1) is 0 Å². The van der Waals surface area contributed by atoms with Gasteiger partial charge in [0.2, 0.25) is 5.88 Å². The van der Waals surface area contributed by atoms with Gasteiger partial charge in [0, 0.05) is 31.4 Å². The number of alkyl halides is 3. The Morgan fingerprint density at radius 1 is 1.36 bits per heavy atom. The van der Waals surface area contributed by atoms with Crippen molar-refractivity contribution in [2.75, 3.05) is 11.4 Å². The number of rotatable bonds is 7. The molecule has 1 saturated heterocycles. The highest BCUT2D eigenvalue weighted by molar-refractivity contribution is 5.48. The van der Waals surface area contributed by atoms with Gasteiger partial charge < -0.3 is 14.4 Å². The number of ether oxygens (including phenoxy) is 2. The summed E-state index contributed by atoms with van der Waals surface area (Å²) in [7, 11) is 0. The van der Waals surface area contributed by atoms with E-state index in [1.54, 1.807) is 16.7 Å². The lowest BCUT2D eigenvalue weighted by Crippen LogP contribution is -2.36. The zero-order valence-corrected chi connectivity index (χ0v) is 19.6. The number of aliphatic imine (C=N–C) groups is 1. The molecule has 1 unspecified atom stereocenters. The molecule has 0 saturated carbocycles. The fraction of sp³-hybridized carbons (Fsp3) is 0.360. The summed E-state index contributed by atoms with van der Waals surface area (Å²) < 4.78 is 52.1. The average molecular weight is 499 g/mol. The molecule has 1 atom stereocenters. The van der Waals surface area contributed by atoms with Gasteiger partial charge in [0.15, 0.2) is 0 Å². The highest BCUT2D eigenvalue weighted by Crippen LogP contribution is 2.32. The second kappa shape index (κ2) is 10.3. The second-order valence-electron chi connectivity index (χ2n) is 8.54. The van der Waals surface area contributed by atoms with Crippen molar-refractivity contribution in [3.05, 3.63) is 69.5 Å². The van der Waals surface area contributed by atoms with Crippen molar-refractivity contribution in [2.45, 2.75) is 51.6 Å². The molecule has 11 heteroatoms. The third kappa shape index (κ3) is 5.43. The highest BCUT2D eigenvalue weighted by Gasteiger charge is 2.33. The van der Waals surface area contributed by atoms with E-state index in [1.807, 2.05) is 6.07 Å². The van der Waals surface area contributed by atoms with Gasteiger partial charge in [-0.3, -0.25) is 9.56 Å². The number of hydrogen-bond donors (Lipinski definition) is 0. The number of fused-ring (bicyclic) bond motifs is 3. The molecule has 0 bridgehead atoms. The molecular weight excluding hydrogens is 475 g/mol. The SMILES string of the molecule is C=N/C=C(\C=C(/C)Oc1ccc(COc2cc3n(c(=O)n2)CC2CCCCN32)cc1C#N)C(F)(F)F. The normalized spacial score (nSPS) is 17.8. The molecule has 8 nitrogen and oxygen atoms in total. The van der Waals surface area contributed by atoms with Crippen molar-refractivity contribution < 1.29 is 22.6 Å². The van der Waals surface area contributed by atoms with Crippen LogP contribution in [0.25, 0.3) is 0 Å². The lowest BCUT2D eigenvalue weighted by Gasteiger charge is -2.30. The van der Waals surface area contributed by atoms with Crippen LogP contribution in [0, 0.1) is 11.3 Å². The molecule has 1 aromatic carbocycles. The van der Waals surface area contributed by atoms with E-state index in [2.05, 4.69) is 21.6 Å². The van der Waals surface area contributed by atoms with Gasteiger partial charge in [-0.25, -0.2) is 4.79 Å². The summed E-state index contributed by atoms with van der Waals surface area (Å²) >= 11 is 0. The maximum atomic E-state index is 13.1. The van der Waals surface area contributed by atoms with E-state index in [0.717, 1.165) is 37.7 Å². The fourth-order valence-electron chi connectivity index (χ4n) is 4.37. The quantitative estimate of drug-likeness (QED) is 0.317. The first-order valence-electron chi connectivity index (χ1n) is 11.3. The first-order chi connectivity index (χ1) is 17.2. The number of aromatic nitrogens is 2. The smallest absolute Gasteiger partial charge is 0.418 e. The van der Waals surface area contributed by atoms with Crippen molar-refractivity contribution >= 4 is 12.5 Å². The number of piperidine rings is 1. The summed E-state index contributed by atoms with van der Waals surface area (Å²) in [5.74, 6) is 1.00. The first kappa shape index (κ1) is 25.0. The molecule has 0 N–H and O–H groups in total. The summed E-state index contributed by atoms with van der Waals surface area (Å²) in [6.07, 6.45) is -0.0177. The lowest BCUT2D eigenvalue weighted by atomic mass is 10.0. The Morgan fingerprint density at radius 3 is 2.89 bits per heavy atom. The molecule has 188 valence electrons. The van der Waals surface area contributed by atoms with E-state index in [0.29, 0.717) is 24.4 Å². The molecular formula is C25H24F3N5O3. The van der Waals surface area contributed by atoms with Crippen molar-refractivity contribution in [3.8, 4) is 17.7 Å². The molecule has 0 aliphatic carbocycles. The molecule has 0 radical (unpaired) electrons. The Kier molecular flexibility index (Phi) is 7.15. The van der Waals surface area contributed by atoms with Crippen LogP contribution in [-0.2, 0) is 13.2 Å². The van der Waals surface area contributed by atoms with Crippen molar-refractivity contribution in [1.29, 1.82) is 5.26 Å². The Balaban J connectivity index is 1.47. The van der Waals surface area contributed by atoms with Gasteiger partial charge in [-0.2, -0.15) is 23.4 Å². The van der Waals surface area contributed by atoms with E-state index in [9.17, 15) is 23.2 Å². The number of benzene rings is 1. The second-order valence-corrected chi connectivity index (χ2v) is 8.54. The standard InChI is InChI=1S/C25H24F3N5O3/c1-16(9-19(13-30-2)25(26,27)28)36-21-7-6-17(10-18(21)12-29)15-35-22-11-23-32-8-4-3-5-20(32)14-33(23)24(34)31-22/h6-7,9-11,13,20H,2-5,8,14-15H2,1H3/b16-9+,19-13+. The minimum absolute atomic E-state index is 0.0368. The van der Waals surface area contributed by atoms with Crippen molar-refractivity contribution in [3.63, 3.8) is 0 Å². The maximum absolute atomic E-state index is 13.1.